The zero-order valence-corrected chi connectivity index (χ0v) is 11.7. The minimum Gasteiger partial charge on any atom is -0.477 e. The lowest BCUT2D eigenvalue weighted by Gasteiger charge is -2.25. The maximum absolute atomic E-state index is 12.3. The molecule has 2 heterocycles. The van der Waals surface area contributed by atoms with E-state index in [4.69, 9.17) is 5.11 Å². The number of hydrogen-bond donors (Lipinski definition) is 1. The number of nitrogens with zero attached hydrogens (tertiary/aromatic N) is 3. The zero-order valence-electron chi connectivity index (χ0n) is 11.7. The van der Waals surface area contributed by atoms with E-state index in [1.54, 1.807) is 24.1 Å². The van der Waals surface area contributed by atoms with Gasteiger partial charge >= 0.3 is 5.97 Å². The molecule has 0 spiro atoms. The molecule has 108 valence electrons. The van der Waals surface area contributed by atoms with Crippen LogP contribution in [0.15, 0.2) is 18.2 Å². The molecule has 2 rings (SSSR count). The lowest BCUT2D eigenvalue weighted by Crippen LogP contribution is -2.39. The number of carboxylic acid groups (broad SMARTS) is 1. The molecule has 1 N–H and O–H groups in total. The molecule has 0 aliphatic carbocycles. The number of amides is 1. The number of pyridine rings is 1. The van der Waals surface area contributed by atoms with Gasteiger partial charge in [0.15, 0.2) is 0 Å². The summed E-state index contributed by atoms with van der Waals surface area (Å²) in [5.41, 5.74) is 0.0651. The molecule has 1 amide bonds. The second-order valence-electron chi connectivity index (χ2n) is 5.18. The third kappa shape index (κ3) is 3.14. The van der Waals surface area contributed by atoms with Crippen molar-refractivity contribution in [3.63, 3.8) is 0 Å². The van der Waals surface area contributed by atoms with Crippen LogP contribution >= 0.6 is 0 Å². The first-order valence-electron chi connectivity index (χ1n) is 6.65. The Morgan fingerprint density at radius 1 is 1.45 bits per heavy atom. The Hall–Kier alpha value is -1.95. The predicted molar refractivity (Wildman–Crippen MR) is 73.8 cm³/mol. The summed E-state index contributed by atoms with van der Waals surface area (Å²) < 4.78 is 0. The molecule has 6 nitrogen and oxygen atoms in total. The maximum atomic E-state index is 12.3. The predicted octanol–water partition coefficient (Wildman–Crippen LogP) is 0.946. The normalized spacial score (nSPS) is 19.0. The number of aromatic nitrogens is 1. The van der Waals surface area contributed by atoms with Crippen LogP contribution in [0.1, 0.15) is 33.8 Å². The molecule has 1 aliphatic rings. The van der Waals surface area contributed by atoms with Crippen molar-refractivity contribution in [3.8, 4) is 0 Å². The highest BCUT2D eigenvalue weighted by Crippen LogP contribution is 2.16. The van der Waals surface area contributed by atoms with Gasteiger partial charge in [0, 0.05) is 19.6 Å². The highest BCUT2D eigenvalue weighted by atomic mass is 16.4. The van der Waals surface area contributed by atoms with Crippen LogP contribution < -0.4 is 0 Å². The summed E-state index contributed by atoms with van der Waals surface area (Å²) in [7, 11) is 3.78. The fourth-order valence-corrected chi connectivity index (χ4v) is 2.48. The fraction of sp³-hybridized carbons (Fsp3) is 0.500. The van der Waals surface area contributed by atoms with Crippen molar-refractivity contribution in [2.75, 3.05) is 27.2 Å². The molecule has 1 aliphatic heterocycles. The highest BCUT2D eigenvalue weighted by molar-refractivity contribution is 5.94. The lowest BCUT2D eigenvalue weighted by atomic mass is 10.2. The van der Waals surface area contributed by atoms with Crippen molar-refractivity contribution < 1.29 is 14.7 Å². The second kappa shape index (κ2) is 6.00. The van der Waals surface area contributed by atoms with E-state index in [2.05, 4.69) is 16.9 Å². The van der Waals surface area contributed by atoms with Crippen molar-refractivity contribution in [1.82, 2.24) is 14.8 Å². The molecule has 6 heteroatoms. The van der Waals surface area contributed by atoms with Crippen LogP contribution in [0.4, 0.5) is 0 Å². The van der Waals surface area contributed by atoms with E-state index < -0.39 is 5.97 Å². The van der Waals surface area contributed by atoms with Gasteiger partial charge < -0.3 is 14.9 Å². The summed E-state index contributed by atoms with van der Waals surface area (Å²) >= 11 is 0. The SMILES string of the molecule is CN(CC1CCCN1C)C(=O)c1cccc(C(=O)O)n1. The molecule has 1 aromatic rings. The standard InChI is InChI=1S/C14H19N3O3/c1-16-8-4-5-10(16)9-17(2)13(18)11-6-3-7-12(15-11)14(19)20/h3,6-7,10H,4-5,8-9H2,1-2H3,(H,19,20). The number of likely N-dealkylation sites (N-methyl/N-ethyl adjacent to an activating group) is 2. The van der Waals surface area contributed by atoms with Gasteiger partial charge in [-0.25, -0.2) is 9.78 Å². The Balaban J connectivity index is 2.06. The van der Waals surface area contributed by atoms with Crippen molar-refractivity contribution in [1.29, 1.82) is 0 Å². The number of aromatic carboxylic acids is 1. The van der Waals surface area contributed by atoms with Crippen LogP contribution in [0.3, 0.4) is 0 Å². The average Bonchev–Trinajstić information content (AvgIpc) is 2.83. The van der Waals surface area contributed by atoms with Gasteiger partial charge in [-0.2, -0.15) is 0 Å². The summed E-state index contributed by atoms with van der Waals surface area (Å²) in [6.07, 6.45) is 2.23. The number of rotatable bonds is 4. The van der Waals surface area contributed by atoms with E-state index in [-0.39, 0.29) is 17.3 Å². The first kappa shape index (κ1) is 14.5. The zero-order chi connectivity index (χ0) is 14.7. The van der Waals surface area contributed by atoms with Crippen LogP contribution in [0.2, 0.25) is 0 Å². The Labute approximate surface area is 118 Å². The minimum atomic E-state index is -1.13. The molecule has 0 radical (unpaired) electrons. The van der Waals surface area contributed by atoms with Crippen LogP contribution in [0.5, 0.6) is 0 Å². The van der Waals surface area contributed by atoms with Crippen LogP contribution in [-0.4, -0.2) is 65.0 Å². The molecule has 1 aromatic heterocycles. The van der Waals surface area contributed by atoms with Crippen LogP contribution in [-0.2, 0) is 0 Å². The Bertz CT molecular complexity index is 518. The average molecular weight is 277 g/mol. The highest BCUT2D eigenvalue weighted by Gasteiger charge is 2.25. The summed E-state index contributed by atoms with van der Waals surface area (Å²) in [4.78, 5) is 30.9. The number of hydrogen-bond acceptors (Lipinski definition) is 4. The van der Waals surface area contributed by atoms with Gasteiger partial charge in [-0.15, -0.1) is 0 Å². The van der Waals surface area contributed by atoms with Gasteiger partial charge in [0.05, 0.1) is 0 Å². The molecule has 0 aromatic carbocycles. The van der Waals surface area contributed by atoms with E-state index in [0.717, 1.165) is 19.4 Å². The molecule has 1 fully saturated rings. The monoisotopic (exact) mass is 277 g/mol. The van der Waals surface area contributed by atoms with Crippen molar-refractivity contribution in [2.24, 2.45) is 0 Å². The molecule has 1 unspecified atom stereocenters. The first-order valence-corrected chi connectivity index (χ1v) is 6.65. The number of carbonyl (C=O) groups excluding carboxylic acids is 1. The molecule has 0 saturated carbocycles. The third-order valence-electron chi connectivity index (χ3n) is 3.69. The van der Waals surface area contributed by atoms with Crippen LogP contribution in [0, 0.1) is 0 Å². The van der Waals surface area contributed by atoms with Crippen molar-refractivity contribution in [3.05, 3.63) is 29.6 Å². The molecule has 1 atom stereocenters. The summed E-state index contributed by atoms with van der Waals surface area (Å²) in [5.74, 6) is -1.37. The van der Waals surface area contributed by atoms with Gasteiger partial charge in [-0.3, -0.25) is 4.79 Å². The van der Waals surface area contributed by atoms with E-state index >= 15 is 0 Å². The van der Waals surface area contributed by atoms with Gasteiger partial charge in [0.1, 0.15) is 11.4 Å². The van der Waals surface area contributed by atoms with E-state index in [9.17, 15) is 9.59 Å². The number of likely N-dealkylation sites (tertiary alicyclic amines) is 1. The molecular weight excluding hydrogens is 258 g/mol. The number of carbonyl (C=O) groups is 2. The summed E-state index contributed by atoms with van der Waals surface area (Å²) in [5, 5.41) is 8.90. The Morgan fingerprint density at radius 3 is 2.75 bits per heavy atom. The largest absolute Gasteiger partial charge is 0.477 e. The van der Waals surface area contributed by atoms with E-state index in [1.807, 2.05) is 0 Å². The van der Waals surface area contributed by atoms with E-state index in [1.165, 1.54) is 6.07 Å². The smallest absolute Gasteiger partial charge is 0.354 e. The van der Waals surface area contributed by atoms with Gasteiger partial charge in [0.25, 0.3) is 5.91 Å². The second-order valence-corrected chi connectivity index (χ2v) is 5.18. The topological polar surface area (TPSA) is 73.7 Å². The minimum absolute atomic E-state index is 0.109. The lowest BCUT2D eigenvalue weighted by molar-refractivity contribution is 0.0689. The molecule has 0 bridgehead atoms. The fourth-order valence-electron chi connectivity index (χ4n) is 2.48. The molecular formula is C14H19N3O3. The summed E-state index contributed by atoms with van der Waals surface area (Å²) in [6.45, 7) is 1.69. The summed E-state index contributed by atoms with van der Waals surface area (Å²) in [6, 6.07) is 4.83. The Kier molecular flexibility index (Phi) is 4.34. The maximum Gasteiger partial charge on any atom is 0.354 e. The first-order chi connectivity index (χ1) is 9.49. The third-order valence-corrected chi connectivity index (χ3v) is 3.69. The van der Waals surface area contributed by atoms with E-state index in [0.29, 0.717) is 12.6 Å². The van der Waals surface area contributed by atoms with Crippen LogP contribution in [0.25, 0.3) is 0 Å². The quantitative estimate of drug-likeness (QED) is 0.887. The Morgan fingerprint density at radius 2 is 2.15 bits per heavy atom. The molecule has 20 heavy (non-hydrogen) atoms. The van der Waals surface area contributed by atoms with Gasteiger partial charge in [0.2, 0.25) is 0 Å². The van der Waals surface area contributed by atoms with Gasteiger partial charge in [-0.1, -0.05) is 6.07 Å². The van der Waals surface area contributed by atoms with Crippen molar-refractivity contribution in [2.45, 2.75) is 18.9 Å². The number of carboxylic acids is 1. The van der Waals surface area contributed by atoms with Crippen molar-refractivity contribution >= 4 is 11.9 Å². The van der Waals surface area contributed by atoms with Gasteiger partial charge in [-0.05, 0) is 38.6 Å². The molecule has 1 saturated heterocycles.